The summed E-state index contributed by atoms with van der Waals surface area (Å²) in [7, 11) is 0. The van der Waals surface area contributed by atoms with Gasteiger partial charge in [0.1, 0.15) is 6.04 Å². The maximum atomic E-state index is 13.0. The molecule has 8 heteroatoms. The van der Waals surface area contributed by atoms with Gasteiger partial charge in [-0.05, 0) is 48.8 Å². The zero-order valence-corrected chi connectivity index (χ0v) is 16.8. The van der Waals surface area contributed by atoms with E-state index in [2.05, 4.69) is 10.2 Å². The first-order valence-electron chi connectivity index (χ1n) is 10.7. The second-order valence-electron chi connectivity index (χ2n) is 9.04. The van der Waals surface area contributed by atoms with Gasteiger partial charge in [-0.2, -0.15) is 0 Å². The second-order valence-corrected chi connectivity index (χ2v) is 9.04. The van der Waals surface area contributed by atoms with Crippen molar-refractivity contribution in [1.82, 2.24) is 15.1 Å². The van der Waals surface area contributed by atoms with Gasteiger partial charge in [0.2, 0.25) is 11.8 Å². The van der Waals surface area contributed by atoms with E-state index in [1.807, 2.05) is 6.07 Å². The number of hydrogen-bond acceptors (Lipinski definition) is 6. The molecule has 158 valence electrons. The van der Waals surface area contributed by atoms with Crippen LogP contribution in [0.15, 0.2) is 18.2 Å². The molecule has 0 aromatic heterocycles. The van der Waals surface area contributed by atoms with Crippen molar-refractivity contribution in [2.75, 3.05) is 13.1 Å². The number of carbonyl (C=O) groups excluding carboxylic acids is 4. The number of hydrogen-bond donors (Lipinski definition) is 2. The van der Waals surface area contributed by atoms with Crippen molar-refractivity contribution in [1.29, 1.82) is 0 Å². The summed E-state index contributed by atoms with van der Waals surface area (Å²) in [4.78, 5) is 52.8. The van der Waals surface area contributed by atoms with E-state index >= 15 is 0 Å². The average molecular weight is 410 g/mol. The van der Waals surface area contributed by atoms with Crippen LogP contribution in [0.2, 0.25) is 0 Å². The Balaban J connectivity index is 1.33. The lowest BCUT2D eigenvalue weighted by atomic mass is 9.78. The molecule has 4 atom stereocenters. The van der Waals surface area contributed by atoms with Gasteiger partial charge < -0.3 is 5.73 Å². The minimum atomic E-state index is -0.929. The first-order valence-corrected chi connectivity index (χ1v) is 10.7. The molecule has 2 saturated heterocycles. The summed E-state index contributed by atoms with van der Waals surface area (Å²) in [5.74, 6) is -0.690. The summed E-state index contributed by atoms with van der Waals surface area (Å²) in [6, 6.07) is 4.70. The summed E-state index contributed by atoms with van der Waals surface area (Å²) in [6.45, 7) is 2.70. The fourth-order valence-electron chi connectivity index (χ4n) is 5.61. The first-order chi connectivity index (χ1) is 14.4. The Morgan fingerprint density at radius 1 is 1.00 bits per heavy atom. The molecule has 3 N–H and O–H groups in total. The first kappa shape index (κ1) is 19.4. The number of likely N-dealkylation sites (tertiary alicyclic amines) is 1. The molecule has 1 saturated carbocycles. The Morgan fingerprint density at radius 3 is 2.57 bits per heavy atom. The van der Waals surface area contributed by atoms with Crippen molar-refractivity contribution >= 4 is 23.6 Å². The molecule has 4 amide bonds. The zero-order valence-electron chi connectivity index (χ0n) is 16.8. The number of amides is 4. The number of benzene rings is 1. The molecular weight excluding hydrogens is 384 g/mol. The van der Waals surface area contributed by atoms with Gasteiger partial charge in [-0.25, -0.2) is 0 Å². The van der Waals surface area contributed by atoms with E-state index in [1.165, 1.54) is 12.8 Å². The van der Waals surface area contributed by atoms with Gasteiger partial charge in [-0.3, -0.25) is 34.3 Å². The van der Waals surface area contributed by atoms with E-state index in [0.717, 1.165) is 30.0 Å². The summed E-state index contributed by atoms with van der Waals surface area (Å²) >= 11 is 0. The van der Waals surface area contributed by atoms with Crippen LogP contribution >= 0.6 is 0 Å². The van der Waals surface area contributed by atoms with Crippen LogP contribution < -0.4 is 11.1 Å². The van der Waals surface area contributed by atoms with Gasteiger partial charge >= 0.3 is 0 Å². The number of fused-ring (bicyclic) bond motifs is 2. The molecule has 0 bridgehead atoms. The lowest BCUT2D eigenvalue weighted by Gasteiger charge is -2.29. The molecule has 3 heterocycles. The van der Waals surface area contributed by atoms with E-state index in [1.54, 1.807) is 12.1 Å². The van der Waals surface area contributed by atoms with Crippen molar-refractivity contribution in [3.05, 3.63) is 34.9 Å². The van der Waals surface area contributed by atoms with Crippen LogP contribution in [0.25, 0.3) is 0 Å². The number of carbonyl (C=O) groups is 4. The van der Waals surface area contributed by atoms with Gasteiger partial charge in [0.25, 0.3) is 11.8 Å². The van der Waals surface area contributed by atoms with E-state index in [-0.39, 0.29) is 24.8 Å². The summed E-state index contributed by atoms with van der Waals surface area (Å²) in [5.41, 5.74) is 7.97. The summed E-state index contributed by atoms with van der Waals surface area (Å²) in [6.07, 6.45) is 3.81. The highest BCUT2D eigenvalue weighted by molar-refractivity contribution is 6.23. The molecule has 8 nitrogen and oxygen atoms in total. The molecule has 3 fully saturated rings. The lowest BCUT2D eigenvalue weighted by Crippen LogP contribution is -2.54. The van der Waals surface area contributed by atoms with E-state index in [4.69, 9.17) is 5.73 Å². The number of nitrogens with two attached hydrogens (primary N) is 1. The van der Waals surface area contributed by atoms with Gasteiger partial charge in [0, 0.05) is 32.1 Å². The maximum Gasteiger partial charge on any atom is 0.262 e. The smallest absolute Gasteiger partial charge is 0.262 e. The Hall–Kier alpha value is -2.58. The van der Waals surface area contributed by atoms with Crippen LogP contribution in [0.3, 0.4) is 0 Å². The monoisotopic (exact) mass is 410 g/mol. The van der Waals surface area contributed by atoms with Crippen LogP contribution in [-0.4, -0.2) is 58.6 Å². The molecule has 1 aromatic carbocycles. The van der Waals surface area contributed by atoms with Crippen molar-refractivity contribution in [2.45, 2.75) is 50.7 Å². The molecule has 0 radical (unpaired) electrons. The predicted octanol–water partition coefficient (Wildman–Crippen LogP) is 0.647. The SMILES string of the molecule is NC1CCCC2CN(Cc3ccc4c(c3)C(=O)N(C3CCC(=O)NC3=O)C4=O)CC12. The van der Waals surface area contributed by atoms with E-state index < -0.39 is 23.8 Å². The number of nitrogens with zero attached hydrogens (tertiary/aromatic N) is 2. The number of piperidine rings is 1. The number of rotatable bonds is 3. The van der Waals surface area contributed by atoms with Gasteiger partial charge in [-0.1, -0.05) is 12.5 Å². The highest BCUT2D eigenvalue weighted by Crippen LogP contribution is 2.36. The Kier molecular flexibility index (Phi) is 4.71. The molecule has 5 rings (SSSR count). The van der Waals surface area contributed by atoms with Gasteiger partial charge in [0.15, 0.2) is 0 Å². The Bertz CT molecular complexity index is 945. The summed E-state index contributed by atoms with van der Waals surface area (Å²) in [5, 5.41) is 2.22. The third kappa shape index (κ3) is 3.15. The van der Waals surface area contributed by atoms with Crippen molar-refractivity contribution in [3.63, 3.8) is 0 Å². The molecule has 4 aliphatic rings. The minimum Gasteiger partial charge on any atom is -0.327 e. The molecule has 4 unspecified atom stereocenters. The summed E-state index contributed by atoms with van der Waals surface area (Å²) < 4.78 is 0. The van der Waals surface area contributed by atoms with Gasteiger partial charge in [-0.15, -0.1) is 0 Å². The Labute approximate surface area is 174 Å². The van der Waals surface area contributed by atoms with Crippen LogP contribution in [0.4, 0.5) is 0 Å². The molecule has 3 aliphatic heterocycles. The Morgan fingerprint density at radius 2 is 1.80 bits per heavy atom. The van der Waals surface area contributed by atoms with Gasteiger partial charge in [0.05, 0.1) is 11.1 Å². The highest BCUT2D eigenvalue weighted by Gasteiger charge is 2.45. The normalized spacial score (nSPS) is 31.7. The second kappa shape index (κ2) is 7.28. The molecule has 30 heavy (non-hydrogen) atoms. The number of nitrogens with one attached hydrogen (secondary N) is 1. The highest BCUT2D eigenvalue weighted by atomic mass is 16.2. The molecule has 0 spiro atoms. The van der Waals surface area contributed by atoms with Crippen LogP contribution in [-0.2, 0) is 16.1 Å². The fraction of sp³-hybridized carbons (Fsp3) is 0.545. The average Bonchev–Trinajstić information content (AvgIpc) is 3.23. The van der Waals surface area contributed by atoms with Crippen LogP contribution in [0.5, 0.6) is 0 Å². The predicted molar refractivity (Wildman–Crippen MR) is 107 cm³/mol. The minimum absolute atomic E-state index is 0.120. The molecule has 1 aliphatic carbocycles. The quantitative estimate of drug-likeness (QED) is 0.708. The van der Waals surface area contributed by atoms with E-state index in [0.29, 0.717) is 29.5 Å². The maximum absolute atomic E-state index is 13.0. The standard InChI is InChI=1S/C22H26N4O4/c23-17-3-1-2-13-10-25(11-16(13)17)9-12-4-5-14-15(8-12)22(30)26(21(14)29)18-6-7-19(27)24-20(18)28/h4-5,8,13,16-18H,1-3,6-7,9-11,23H2,(H,24,27,28). The topological polar surface area (TPSA) is 113 Å². The third-order valence-electron chi connectivity index (χ3n) is 7.14. The van der Waals surface area contributed by atoms with Crippen LogP contribution in [0, 0.1) is 11.8 Å². The fourth-order valence-corrected chi connectivity index (χ4v) is 5.61. The number of imide groups is 2. The largest absolute Gasteiger partial charge is 0.327 e. The van der Waals surface area contributed by atoms with Crippen molar-refractivity contribution in [2.24, 2.45) is 17.6 Å². The van der Waals surface area contributed by atoms with E-state index in [9.17, 15) is 19.2 Å². The lowest BCUT2D eigenvalue weighted by molar-refractivity contribution is -0.136. The molecule has 1 aromatic rings. The van der Waals surface area contributed by atoms with Crippen molar-refractivity contribution < 1.29 is 19.2 Å². The molecular formula is C22H26N4O4. The van der Waals surface area contributed by atoms with Crippen LogP contribution in [0.1, 0.15) is 58.4 Å². The van der Waals surface area contributed by atoms with Crippen molar-refractivity contribution in [3.8, 4) is 0 Å². The zero-order chi connectivity index (χ0) is 21.0. The third-order valence-corrected chi connectivity index (χ3v) is 7.14.